The Balaban J connectivity index is 1.57. The van der Waals surface area contributed by atoms with Gasteiger partial charge in [-0.25, -0.2) is 0 Å². The van der Waals surface area contributed by atoms with Gasteiger partial charge < -0.3 is 10.1 Å². The minimum absolute atomic E-state index is 0.0225. The van der Waals surface area contributed by atoms with Crippen molar-refractivity contribution in [3.8, 4) is 0 Å². The first-order chi connectivity index (χ1) is 13.3. The second-order valence-electron chi connectivity index (χ2n) is 6.46. The first-order valence-corrected chi connectivity index (χ1v) is 9.66. The first-order valence-electron chi connectivity index (χ1n) is 8.84. The van der Waals surface area contributed by atoms with Crippen molar-refractivity contribution in [1.29, 1.82) is 0 Å². The summed E-state index contributed by atoms with van der Waals surface area (Å²) in [5.74, 6) is -1.56. The molecule has 2 heterocycles. The summed E-state index contributed by atoms with van der Waals surface area (Å²) in [6.07, 6.45) is -1.15. The fourth-order valence-corrected chi connectivity index (χ4v) is 3.71. The molecule has 1 aromatic heterocycles. The molecule has 2 aromatic rings. The van der Waals surface area contributed by atoms with Crippen LogP contribution in [-0.4, -0.2) is 36.2 Å². The molecule has 0 saturated heterocycles. The number of fused-ring (bicyclic) bond motifs is 1. The van der Waals surface area contributed by atoms with Gasteiger partial charge >= 0.3 is 5.97 Å². The summed E-state index contributed by atoms with van der Waals surface area (Å²) in [4.78, 5) is 51.6. The van der Waals surface area contributed by atoms with Gasteiger partial charge in [0, 0.05) is 11.3 Å². The normalized spacial score (nSPS) is 14.1. The highest BCUT2D eigenvalue weighted by molar-refractivity contribution is 7.14. The molecule has 1 aliphatic heterocycles. The maximum atomic E-state index is 12.7. The van der Waals surface area contributed by atoms with Crippen molar-refractivity contribution in [1.82, 2.24) is 0 Å². The molecule has 2 amide bonds. The molecular formula is C20H20N2O5S. The van der Waals surface area contributed by atoms with Crippen LogP contribution in [0.2, 0.25) is 0 Å². The summed E-state index contributed by atoms with van der Waals surface area (Å²) in [6, 6.07) is 10.5. The van der Waals surface area contributed by atoms with Crippen molar-refractivity contribution < 1.29 is 23.9 Å². The van der Waals surface area contributed by atoms with Crippen LogP contribution in [0.15, 0.2) is 36.4 Å². The summed E-state index contributed by atoms with van der Waals surface area (Å²) in [7, 11) is 0. The molecule has 0 bridgehead atoms. The molecule has 0 aliphatic carbocycles. The average Bonchev–Trinajstić information content (AvgIpc) is 3.11. The zero-order valence-corrected chi connectivity index (χ0v) is 16.4. The van der Waals surface area contributed by atoms with Crippen LogP contribution in [0.25, 0.3) is 0 Å². The molecule has 0 saturated carbocycles. The Morgan fingerprint density at radius 1 is 1.18 bits per heavy atom. The Hall–Kier alpha value is -3.00. The monoisotopic (exact) mass is 400 g/mol. The Labute approximate surface area is 166 Å². The number of esters is 1. The number of carbonyl (C=O) groups is 4. The van der Waals surface area contributed by atoms with Crippen LogP contribution in [0.3, 0.4) is 0 Å². The average molecular weight is 400 g/mol. The SMILES string of the molecule is Cc1ccc(C(=O)CCC(=O)O[C@H](C)C(=O)N2CC(=O)Nc3ccccc32)s1. The fraction of sp³-hybridized carbons (Fsp3) is 0.300. The van der Waals surface area contributed by atoms with Gasteiger partial charge in [-0.1, -0.05) is 12.1 Å². The highest BCUT2D eigenvalue weighted by atomic mass is 32.1. The third kappa shape index (κ3) is 4.45. The smallest absolute Gasteiger partial charge is 0.307 e. The van der Waals surface area contributed by atoms with E-state index in [9.17, 15) is 19.2 Å². The number of ketones is 1. The number of Topliss-reactive ketones (excluding diaryl/α,β-unsaturated/α-hetero) is 1. The van der Waals surface area contributed by atoms with Gasteiger partial charge in [-0.05, 0) is 38.1 Å². The summed E-state index contributed by atoms with van der Waals surface area (Å²) in [5.41, 5.74) is 1.08. The summed E-state index contributed by atoms with van der Waals surface area (Å²) >= 11 is 1.38. The number of carbonyl (C=O) groups excluding carboxylic acids is 4. The van der Waals surface area contributed by atoms with Crippen LogP contribution in [0.4, 0.5) is 11.4 Å². The third-order valence-corrected chi connectivity index (χ3v) is 5.31. The quantitative estimate of drug-likeness (QED) is 0.594. The van der Waals surface area contributed by atoms with E-state index in [4.69, 9.17) is 4.74 Å². The third-order valence-electron chi connectivity index (χ3n) is 4.26. The number of nitrogens with zero attached hydrogens (tertiary/aromatic N) is 1. The number of rotatable bonds is 6. The van der Waals surface area contributed by atoms with E-state index in [1.165, 1.54) is 23.2 Å². The van der Waals surface area contributed by atoms with E-state index in [0.29, 0.717) is 16.3 Å². The van der Waals surface area contributed by atoms with Gasteiger partial charge in [0.15, 0.2) is 11.9 Å². The lowest BCUT2D eigenvalue weighted by Gasteiger charge is -2.30. The lowest BCUT2D eigenvalue weighted by molar-refractivity contribution is -0.153. The van der Waals surface area contributed by atoms with Crippen molar-refractivity contribution in [3.63, 3.8) is 0 Å². The van der Waals surface area contributed by atoms with E-state index in [-0.39, 0.29) is 31.1 Å². The molecule has 0 fully saturated rings. The van der Waals surface area contributed by atoms with Crippen LogP contribution >= 0.6 is 11.3 Å². The molecule has 3 rings (SSSR count). The Kier molecular flexibility index (Phi) is 5.89. The first kappa shape index (κ1) is 19.8. The van der Waals surface area contributed by atoms with Gasteiger partial charge in [0.25, 0.3) is 5.91 Å². The molecule has 0 unspecified atom stereocenters. The van der Waals surface area contributed by atoms with Crippen molar-refractivity contribution >= 4 is 46.3 Å². The van der Waals surface area contributed by atoms with Crippen LogP contribution in [0.1, 0.15) is 34.3 Å². The summed E-state index contributed by atoms with van der Waals surface area (Å²) in [6.45, 7) is 3.22. The van der Waals surface area contributed by atoms with Gasteiger partial charge in [-0.3, -0.25) is 24.1 Å². The molecule has 1 aliphatic rings. The number of hydrogen-bond donors (Lipinski definition) is 1. The van der Waals surface area contributed by atoms with Crippen molar-refractivity contribution in [2.45, 2.75) is 32.8 Å². The molecule has 146 valence electrons. The van der Waals surface area contributed by atoms with Gasteiger partial charge in [-0.2, -0.15) is 0 Å². The van der Waals surface area contributed by atoms with E-state index < -0.39 is 18.0 Å². The number of ether oxygens (including phenoxy) is 1. The van der Waals surface area contributed by atoms with E-state index in [1.54, 1.807) is 30.3 Å². The fourth-order valence-electron chi connectivity index (χ4n) is 2.88. The number of thiophene rings is 1. The maximum Gasteiger partial charge on any atom is 0.307 e. The van der Waals surface area contributed by atoms with Gasteiger partial charge in [0.05, 0.1) is 22.7 Å². The van der Waals surface area contributed by atoms with Crippen LogP contribution in [0, 0.1) is 6.92 Å². The zero-order valence-electron chi connectivity index (χ0n) is 15.6. The van der Waals surface area contributed by atoms with Gasteiger partial charge in [0.1, 0.15) is 6.54 Å². The predicted molar refractivity (Wildman–Crippen MR) is 106 cm³/mol. The lowest BCUT2D eigenvalue weighted by Crippen LogP contribution is -2.47. The molecule has 28 heavy (non-hydrogen) atoms. The van der Waals surface area contributed by atoms with E-state index >= 15 is 0 Å². The highest BCUT2D eigenvalue weighted by Gasteiger charge is 2.31. The van der Waals surface area contributed by atoms with Crippen molar-refractivity contribution in [3.05, 3.63) is 46.2 Å². The Morgan fingerprint density at radius 2 is 1.93 bits per heavy atom. The number of benzene rings is 1. The lowest BCUT2D eigenvalue weighted by atomic mass is 10.1. The standard InChI is InChI=1S/C20H20N2O5S/c1-12-7-9-17(28-12)16(23)8-10-19(25)27-13(2)20(26)22-11-18(24)21-14-5-3-4-6-15(14)22/h3-7,9,13H,8,10-11H2,1-2H3,(H,21,24)/t13-/m1/s1. The second kappa shape index (κ2) is 8.35. The minimum atomic E-state index is -1.06. The topological polar surface area (TPSA) is 92.8 Å². The largest absolute Gasteiger partial charge is 0.453 e. The van der Waals surface area contributed by atoms with Crippen LogP contribution in [0.5, 0.6) is 0 Å². The van der Waals surface area contributed by atoms with Crippen LogP contribution in [-0.2, 0) is 19.1 Å². The number of para-hydroxylation sites is 2. The van der Waals surface area contributed by atoms with Crippen molar-refractivity contribution in [2.24, 2.45) is 0 Å². The maximum absolute atomic E-state index is 12.7. The number of anilines is 2. The molecular weight excluding hydrogens is 380 g/mol. The molecule has 0 spiro atoms. The second-order valence-corrected chi connectivity index (χ2v) is 7.74. The molecule has 1 N–H and O–H groups in total. The molecule has 1 aromatic carbocycles. The number of nitrogens with one attached hydrogen (secondary N) is 1. The number of amides is 2. The molecule has 7 nitrogen and oxygen atoms in total. The van der Waals surface area contributed by atoms with E-state index in [0.717, 1.165) is 4.88 Å². The van der Waals surface area contributed by atoms with E-state index in [2.05, 4.69) is 5.32 Å². The molecule has 1 atom stereocenters. The molecule has 8 heteroatoms. The van der Waals surface area contributed by atoms with Crippen molar-refractivity contribution in [2.75, 3.05) is 16.8 Å². The molecule has 0 radical (unpaired) electrons. The zero-order chi connectivity index (χ0) is 20.3. The van der Waals surface area contributed by atoms with Crippen LogP contribution < -0.4 is 10.2 Å². The Morgan fingerprint density at radius 3 is 2.64 bits per heavy atom. The van der Waals surface area contributed by atoms with Gasteiger partial charge in [-0.15, -0.1) is 11.3 Å². The highest BCUT2D eigenvalue weighted by Crippen LogP contribution is 2.29. The van der Waals surface area contributed by atoms with Gasteiger partial charge in [0.2, 0.25) is 5.91 Å². The minimum Gasteiger partial charge on any atom is -0.453 e. The summed E-state index contributed by atoms with van der Waals surface area (Å²) in [5, 5.41) is 2.70. The number of hydrogen-bond acceptors (Lipinski definition) is 6. The van der Waals surface area contributed by atoms with E-state index in [1.807, 2.05) is 13.0 Å². The predicted octanol–water partition coefficient (Wildman–Crippen LogP) is 2.94. The Bertz CT molecular complexity index is 936. The number of aryl methyl sites for hydroxylation is 1. The summed E-state index contributed by atoms with van der Waals surface area (Å²) < 4.78 is 5.20.